The predicted octanol–water partition coefficient (Wildman–Crippen LogP) is 2.65. The number of nitrogens with one attached hydrogen (secondary N) is 1. The molecule has 3 rings (SSSR count). The van der Waals surface area contributed by atoms with E-state index in [1.54, 1.807) is 26.0 Å². The number of urea groups is 1. The van der Waals surface area contributed by atoms with E-state index in [2.05, 4.69) is 15.5 Å². The molecule has 120 valence electrons. The van der Waals surface area contributed by atoms with Gasteiger partial charge in [-0.2, -0.15) is 4.98 Å². The molecule has 1 N–H and O–H groups in total. The van der Waals surface area contributed by atoms with Crippen LogP contribution in [0.2, 0.25) is 10.0 Å². The second-order valence-corrected chi connectivity index (χ2v) is 6.15. The first-order valence-corrected chi connectivity index (χ1v) is 7.45. The van der Waals surface area contributed by atoms with Gasteiger partial charge in [0.2, 0.25) is 5.89 Å². The molecular weight excluding hydrogens is 343 g/mol. The Kier molecular flexibility index (Phi) is 3.77. The molecule has 2 aromatic rings. The lowest BCUT2D eigenvalue weighted by molar-refractivity contribution is -0.131. The molecule has 0 radical (unpaired) electrons. The van der Waals surface area contributed by atoms with E-state index in [-0.39, 0.29) is 12.4 Å². The van der Waals surface area contributed by atoms with Crippen LogP contribution in [0, 0.1) is 6.92 Å². The molecule has 0 saturated carbocycles. The Hall–Kier alpha value is -2.12. The van der Waals surface area contributed by atoms with Gasteiger partial charge in [-0.1, -0.05) is 34.4 Å². The fourth-order valence-corrected chi connectivity index (χ4v) is 3.06. The Bertz CT molecular complexity index is 807. The zero-order valence-electron chi connectivity index (χ0n) is 12.3. The molecule has 9 heteroatoms. The Balaban J connectivity index is 1.93. The molecule has 3 amide bonds. The van der Waals surface area contributed by atoms with Gasteiger partial charge in [-0.25, -0.2) is 4.79 Å². The Morgan fingerprint density at radius 2 is 2.09 bits per heavy atom. The molecule has 1 aromatic heterocycles. The highest BCUT2D eigenvalue weighted by atomic mass is 35.5. The molecule has 1 aromatic carbocycles. The molecule has 0 spiro atoms. The van der Waals surface area contributed by atoms with E-state index < -0.39 is 17.5 Å². The van der Waals surface area contributed by atoms with Crippen molar-refractivity contribution in [1.29, 1.82) is 0 Å². The third kappa shape index (κ3) is 2.66. The number of hydrogen-bond donors (Lipinski definition) is 1. The number of nitrogens with zero attached hydrogens (tertiary/aromatic N) is 3. The minimum Gasteiger partial charge on any atom is -0.337 e. The molecular formula is C14H12Cl2N4O3. The van der Waals surface area contributed by atoms with Gasteiger partial charge in [0.05, 0.1) is 0 Å². The Morgan fingerprint density at radius 1 is 1.35 bits per heavy atom. The molecule has 1 saturated heterocycles. The summed E-state index contributed by atoms with van der Waals surface area (Å²) in [5, 5.41) is 7.03. The highest BCUT2D eigenvalue weighted by Gasteiger charge is 2.50. The minimum atomic E-state index is -1.28. The van der Waals surface area contributed by atoms with E-state index in [1.165, 1.54) is 6.07 Å². The lowest BCUT2D eigenvalue weighted by atomic mass is 9.92. The van der Waals surface area contributed by atoms with Crippen LogP contribution in [-0.2, 0) is 16.9 Å². The van der Waals surface area contributed by atoms with Crippen LogP contribution in [0.3, 0.4) is 0 Å². The van der Waals surface area contributed by atoms with Crippen molar-refractivity contribution < 1.29 is 14.1 Å². The summed E-state index contributed by atoms with van der Waals surface area (Å²) < 4.78 is 4.96. The monoisotopic (exact) mass is 354 g/mol. The van der Waals surface area contributed by atoms with Gasteiger partial charge < -0.3 is 9.84 Å². The molecule has 1 aliphatic rings. The first-order valence-electron chi connectivity index (χ1n) is 6.70. The lowest BCUT2D eigenvalue weighted by Gasteiger charge is -2.23. The van der Waals surface area contributed by atoms with Gasteiger partial charge in [-0.15, -0.1) is 0 Å². The molecule has 1 unspecified atom stereocenters. The van der Waals surface area contributed by atoms with Crippen molar-refractivity contribution in [3.8, 4) is 0 Å². The Morgan fingerprint density at radius 3 is 2.70 bits per heavy atom. The normalized spacial score (nSPS) is 21.0. The highest BCUT2D eigenvalue weighted by molar-refractivity contribution is 6.35. The van der Waals surface area contributed by atoms with Gasteiger partial charge in [-0.3, -0.25) is 9.69 Å². The van der Waals surface area contributed by atoms with Crippen LogP contribution in [0.25, 0.3) is 0 Å². The van der Waals surface area contributed by atoms with Crippen LogP contribution in [0.1, 0.15) is 24.2 Å². The SMILES string of the molecule is Cc1noc(CN2C(=O)NC(C)(c3ccc(Cl)cc3Cl)C2=O)n1. The molecule has 0 bridgehead atoms. The molecule has 7 nitrogen and oxygen atoms in total. The number of hydrogen-bond acceptors (Lipinski definition) is 5. The predicted molar refractivity (Wildman–Crippen MR) is 81.9 cm³/mol. The van der Waals surface area contributed by atoms with Gasteiger partial charge in [0.1, 0.15) is 12.1 Å². The summed E-state index contributed by atoms with van der Waals surface area (Å²) in [6, 6.07) is 4.19. The quantitative estimate of drug-likeness (QED) is 0.856. The topological polar surface area (TPSA) is 88.3 Å². The van der Waals surface area contributed by atoms with Crippen molar-refractivity contribution in [1.82, 2.24) is 20.4 Å². The number of rotatable bonds is 3. The van der Waals surface area contributed by atoms with Crippen molar-refractivity contribution in [3.63, 3.8) is 0 Å². The number of carbonyl (C=O) groups excluding carboxylic acids is 2. The minimum absolute atomic E-state index is 0.105. The Labute approximate surface area is 141 Å². The van der Waals surface area contributed by atoms with Gasteiger partial charge in [-0.05, 0) is 26.0 Å². The maximum Gasteiger partial charge on any atom is 0.325 e. The van der Waals surface area contributed by atoms with Crippen molar-refractivity contribution in [3.05, 3.63) is 45.5 Å². The number of benzene rings is 1. The molecule has 1 atom stereocenters. The molecule has 0 aliphatic carbocycles. The molecule has 1 fully saturated rings. The van der Waals surface area contributed by atoms with Gasteiger partial charge >= 0.3 is 6.03 Å². The standard InChI is InChI=1S/C14H12Cl2N4O3/c1-7-17-11(23-19-7)6-20-12(21)14(2,18-13(20)22)9-4-3-8(15)5-10(9)16/h3-5H,6H2,1-2H3,(H,18,22). The molecule has 2 heterocycles. The second-order valence-electron chi connectivity index (χ2n) is 5.31. The number of halogens is 2. The number of imide groups is 1. The van der Waals surface area contributed by atoms with Crippen molar-refractivity contribution in [2.45, 2.75) is 25.9 Å². The summed E-state index contributed by atoms with van der Waals surface area (Å²) in [7, 11) is 0. The number of aromatic nitrogens is 2. The van der Waals surface area contributed by atoms with E-state index in [1.807, 2.05) is 0 Å². The third-order valence-electron chi connectivity index (χ3n) is 3.61. The summed E-state index contributed by atoms with van der Waals surface area (Å²) in [6.45, 7) is 3.13. The average molecular weight is 355 g/mol. The summed E-state index contributed by atoms with van der Waals surface area (Å²) in [5.74, 6) is 0.149. The van der Waals surface area contributed by atoms with E-state index in [0.717, 1.165) is 4.90 Å². The third-order valence-corrected chi connectivity index (χ3v) is 4.16. The summed E-state index contributed by atoms with van der Waals surface area (Å²) in [4.78, 5) is 30.0. The summed E-state index contributed by atoms with van der Waals surface area (Å²) in [5.41, 5.74) is -0.820. The van der Waals surface area contributed by atoms with Crippen molar-refractivity contribution in [2.24, 2.45) is 0 Å². The summed E-state index contributed by atoms with van der Waals surface area (Å²) in [6.07, 6.45) is 0. The van der Waals surface area contributed by atoms with E-state index in [9.17, 15) is 9.59 Å². The summed E-state index contributed by atoms with van der Waals surface area (Å²) >= 11 is 12.1. The smallest absolute Gasteiger partial charge is 0.325 e. The van der Waals surface area contributed by atoms with E-state index >= 15 is 0 Å². The van der Waals surface area contributed by atoms with Gasteiger partial charge in [0.15, 0.2) is 5.82 Å². The van der Waals surface area contributed by atoms with Crippen LogP contribution in [0.5, 0.6) is 0 Å². The number of carbonyl (C=O) groups is 2. The lowest BCUT2D eigenvalue weighted by Crippen LogP contribution is -2.41. The van der Waals surface area contributed by atoms with Crippen molar-refractivity contribution >= 4 is 35.1 Å². The van der Waals surface area contributed by atoms with Gasteiger partial charge in [0, 0.05) is 15.6 Å². The maximum atomic E-state index is 12.7. The van der Waals surface area contributed by atoms with Crippen LogP contribution in [0.15, 0.2) is 22.7 Å². The van der Waals surface area contributed by atoms with Gasteiger partial charge in [0.25, 0.3) is 5.91 Å². The fraction of sp³-hybridized carbons (Fsp3) is 0.286. The van der Waals surface area contributed by atoms with E-state index in [0.29, 0.717) is 21.4 Å². The maximum absolute atomic E-state index is 12.7. The first kappa shape index (κ1) is 15.8. The average Bonchev–Trinajstić information content (AvgIpc) is 2.96. The van der Waals surface area contributed by atoms with Crippen LogP contribution in [-0.4, -0.2) is 27.0 Å². The zero-order valence-corrected chi connectivity index (χ0v) is 13.8. The largest absolute Gasteiger partial charge is 0.337 e. The fourth-order valence-electron chi connectivity index (χ4n) is 2.46. The van der Waals surface area contributed by atoms with Crippen LogP contribution >= 0.6 is 23.2 Å². The molecule has 1 aliphatic heterocycles. The van der Waals surface area contributed by atoms with E-state index in [4.69, 9.17) is 27.7 Å². The first-order chi connectivity index (χ1) is 10.8. The second kappa shape index (κ2) is 5.50. The number of aryl methyl sites for hydroxylation is 1. The molecule has 23 heavy (non-hydrogen) atoms. The number of amides is 3. The zero-order chi connectivity index (χ0) is 16.8. The van der Waals surface area contributed by atoms with Crippen LogP contribution in [0.4, 0.5) is 4.79 Å². The van der Waals surface area contributed by atoms with Crippen molar-refractivity contribution in [2.75, 3.05) is 0 Å². The highest BCUT2D eigenvalue weighted by Crippen LogP contribution is 2.35. The van der Waals surface area contributed by atoms with Crippen LogP contribution < -0.4 is 5.32 Å².